The molecule has 1 aromatic rings. The van der Waals surface area contributed by atoms with E-state index in [1.807, 2.05) is 4.90 Å². The number of carbonyl (C=O) groups excluding carboxylic acids is 1. The zero-order valence-electron chi connectivity index (χ0n) is 10.8. The molecule has 1 aliphatic heterocycles. The number of nitrogens with zero attached hydrogens (tertiary/aromatic N) is 2. The standard InChI is InChI=1S/C13H18N4O2/c14-12(19)9-2-1-5-17(7-9)10-6-11(18)16-13(15-10)8-3-4-8/h6,8-9H,1-5,7H2,(H2,14,19)(H,15,16,18). The molecule has 0 bridgehead atoms. The predicted octanol–water partition coefficient (Wildman–Crippen LogP) is 0.349. The molecule has 6 nitrogen and oxygen atoms in total. The van der Waals surface area contributed by atoms with Gasteiger partial charge in [-0.1, -0.05) is 0 Å². The lowest BCUT2D eigenvalue weighted by Gasteiger charge is -2.32. The number of aromatic nitrogens is 2. The first-order valence-corrected chi connectivity index (χ1v) is 6.79. The highest BCUT2D eigenvalue weighted by atomic mass is 16.1. The number of aromatic amines is 1. The minimum absolute atomic E-state index is 0.118. The van der Waals surface area contributed by atoms with Crippen molar-refractivity contribution in [3.8, 4) is 0 Å². The molecular formula is C13H18N4O2. The van der Waals surface area contributed by atoms with Gasteiger partial charge in [0.2, 0.25) is 5.91 Å². The Labute approximate surface area is 111 Å². The summed E-state index contributed by atoms with van der Waals surface area (Å²) < 4.78 is 0. The number of anilines is 1. The Morgan fingerprint density at radius 2 is 2.21 bits per heavy atom. The van der Waals surface area contributed by atoms with Gasteiger partial charge in [0.05, 0.1) is 5.92 Å². The first kappa shape index (κ1) is 12.2. The maximum Gasteiger partial charge on any atom is 0.252 e. The molecule has 102 valence electrons. The van der Waals surface area contributed by atoms with Crippen LogP contribution in [0.4, 0.5) is 5.82 Å². The first-order chi connectivity index (χ1) is 9.13. The van der Waals surface area contributed by atoms with Gasteiger partial charge >= 0.3 is 0 Å². The van der Waals surface area contributed by atoms with Crippen LogP contribution in [0.3, 0.4) is 0 Å². The average Bonchev–Trinajstić information content (AvgIpc) is 3.22. The minimum atomic E-state index is -0.267. The maximum absolute atomic E-state index is 11.7. The van der Waals surface area contributed by atoms with Crippen LogP contribution in [0, 0.1) is 5.92 Å². The maximum atomic E-state index is 11.7. The van der Waals surface area contributed by atoms with E-state index in [0.717, 1.165) is 38.1 Å². The number of rotatable bonds is 3. The van der Waals surface area contributed by atoms with Gasteiger partial charge in [0.25, 0.3) is 5.56 Å². The normalized spacial score (nSPS) is 23.4. The molecule has 1 saturated carbocycles. The van der Waals surface area contributed by atoms with Crippen LogP contribution < -0.4 is 16.2 Å². The van der Waals surface area contributed by atoms with E-state index in [9.17, 15) is 9.59 Å². The number of hydrogen-bond acceptors (Lipinski definition) is 4. The number of carbonyl (C=O) groups is 1. The van der Waals surface area contributed by atoms with E-state index >= 15 is 0 Å². The lowest BCUT2D eigenvalue weighted by Crippen LogP contribution is -2.42. The monoisotopic (exact) mass is 262 g/mol. The lowest BCUT2D eigenvalue weighted by atomic mass is 9.97. The summed E-state index contributed by atoms with van der Waals surface area (Å²) in [6.45, 7) is 1.39. The van der Waals surface area contributed by atoms with E-state index in [1.54, 1.807) is 0 Å². The Morgan fingerprint density at radius 3 is 2.89 bits per heavy atom. The summed E-state index contributed by atoms with van der Waals surface area (Å²) in [5, 5.41) is 0. The van der Waals surface area contributed by atoms with Crippen molar-refractivity contribution in [3.05, 3.63) is 22.2 Å². The average molecular weight is 262 g/mol. The molecule has 6 heteroatoms. The molecule has 2 fully saturated rings. The zero-order valence-corrected chi connectivity index (χ0v) is 10.8. The Balaban J connectivity index is 1.84. The number of piperidine rings is 1. The molecule has 1 unspecified atom stereocenters. The number of hydrogen-bond donors (Lipinski definition) is 2. The van der Waals surface area contributed by atoms with Crippen LogP contribution in [-0.2, 0) is 4.79 Å². The third-order valence-electron chi connectivity index (χ3n) is 3.86. The summed E-state index contributed by atoms with van der Waals surface area (Å²) in [4.78, 5) is 32.3. The predicted molar refractivity (Wildman–Crippen MR) is 71.0 cm³/mol. The van der Waals surface area contributed by atoms with Crippen LogP contribution in [0.25, 0.3) is 0 Å². The molecule has 2 heterocycles. The molecule has 1 amide bonds. The van der Waals surface area contributed by atoms with Gasteiger partial charge in [0, 0.05) is 25.1 Å². The van der Waals surface area contributed by atoms with Gasteiger partial charge in [-0.3, -0.25) is 9.59 Å². The second kappa shape index (κ2) is 4.68. The second-order valence-electron chi connectivity index (χ2n) is 5.45. The SMILES string of the molecule is NC(=O)C1CCCN(c2cc(=O)[nH]c(C3CC3)n2)C1. The number of H-pyrrole nitrogens is 1. The van der Waals surface area contributed by atoms with Gasteiger partial charge < -0.3 is 15.6 Å². The highest BCUT2D eigenvalue weighted by molar-refractivity contribution is 5.77. The first-order valence-electron chi connectivity index (χ1n) is 6.79. The second-order valence-corrected chi connectivity index (χ2v) is 5.45. The fourth-order valence-electron chi connectivity index (χ4n) is 2.59. The van der Waals surface area contributed by atoms with Crippen molar-refractivity contribution in [1.82, 2.24) is 9.97 Å². The van der Waals surface area contributed by atoms with Gasteiger partial charge in [0.15, 0.2) is 0 Å². The van der Waals surface area contributed by atoms with Crippen molar-refractivity contribution in [1.29, 1.82) is 0 Å². The van der Waals surface area contributed by atoms with Crippen LogP contribution in [-0.4, -0.2) is 29.0 Å². The third-order valence-corrected chi connectivity index (χ3v) is 3.86. The molecule has 1 atom stereocenters. The zero-order chi connectivity index (χ0) is 13.4. The van der Waals surface area contributed by atoms with Gasteiger partial charge in [0.1, 0.15) is 11.6 Å². The summed E-state index contributed by atoms with van der Waals surface area (Å²) in [5.74, 6) is 1.46. The molecule has 0 spiro atoms. The van der Waals surface area contributed by atoms with Crippen molar-refractivity contribution in [2.75, 3.05) is 18.0 Å². The molecule has 0 aromatic carbocycles. The highest BCUT2D eigenvalue weighted by Crippen LogP contribution is 2.38. The molecule has 3 rings (SSSR count). The molecule has 3 N–H and O–H groups in total. The molecule has 1 aromatic heterocycles. The number of primary amides is 1. The summed E-state index contributed by atoms with van der Waals surface area (Å²) in [6, 6.07) is 1.51. The molecule has 2 aliphatic rings. The molecule has 1 aliphatic carbocycles. The quantitative estimate of drug-likeness (QED) is 0.822. The van der Waals surface area contributed by atoms with Crippen molar-refractivity contribution >= 4 is 11.7 Å². The van der Waals surface area contributed by atoms with E-state index < -0.39 is 0 Å². The van der Waals surface area contributed by atoms with Crippen LogP contribution in [0.5, 0.6) is 0 Å². The lowest BCUT2D eigenvalue weighted by molar-refractivity contribution is -0.122. The van der Waals surface area contributed by atoms with Crippen LogP contribution in [0.1, 0.15) is 37.4 Å². The molecule has 19 heavy (non-hydrogen) atoms. The van der Waals surface area contributed by atoms with E-state index in [2.05, 4.69) is 9.97 Å². The van der Waals surface area contributed by atoms with Crippen molar-refractivity contribution < 1.29 is 4.79 Å². The van der Waals surface area contributed by atoms with E-state index in [-0.39, 0.29) is 17.4 Å². The van der Waals surface area contributed by atoms with Gasteiger partial charge in [-0.05, 0) is 25.7 Å². The summed E-state index contributed by atoms with van der Waals surface area (Å²) >= 11 is 0. The Bertz CT molecular complexity index is 550. The van der Waals surface area contributed by atoms with Gasteiger partial charge in [-0.15, -0.1) is 0 Å². The number of amides is 1. The minimum Gasteiger partial charge on any atom is -0.369 e. The van der Waals surface area contributed by atoms with E-state index in [1.165, 1.54) is 6.07 Å². The molecule has 0 radical (unpaired) electrons. The topological polar surface area (TPSA) is 92.1 Å². The van der Waals surface area contributed by atoms with Crippen molar-refractivity contribution in [3.63, 3.8) is 0 Å². The van der Waals surface area contributed by atoms with E-state index in [0.29, 0.717) is 18.3 Å². The molecule has 1 saturated heterocycles. The fraction of sp³-hybridized carbons (Fsp3) is 0.615. The Morgan fingerprint density at radius 1 is 1.42 bits per heavy atom. The van der Waals surface area contributed by atoms with Crippen LogP contribution in [0.2, 0.25) is 0 Å². The van der Waals surface area contributed by atoms with Gasteiger partial charge in [-0.2, -0.15) is 0 Å². The van der Waals surface area contributed by atoms with Crippen molar-refractivity contribution in [2.45, 2.75) is 31.6 Å². The number of nitrogens with one attached hydrogen (secondary N) is 1. The van der Waals surface area contributed by atoms with Crippen molar-refractivity contribution in [2.24, 2.45) is 11.7 Å². The Hall–Kier alpha value is -1.85. The smallest absolute Gasteiger partial charge is 0.252 e. The Kier molecular flexibility index (Phi) is 3.00. The summed E-state index contributed by atoms with van der Waals surface area (Å²) in [6.07, 6.45) is 3.91. The third kappa shape index (κ3) is 2.62. The highest BCUT2D eigenvalue weighted by Gasteiger charge is 2.29. The summed E-state index contributed by atoms with van der Waals surface area (Å²) in [5.41, 5.74) is 5.25. The summed E-state index contributed by atoms with van der Waals surface area (Å²) in [7, 11) is 0. The number of nitrogens with two attached hydrogens (primary N) is 1. The van der Waals surface area contributed by atoms with Crippen LogP contribution in [0.15, 0.2) is 10.9 Å². The molecular weight excluding hydrogens is 244 g/mol. The fourth-order valence-corrected chi connectivity index (χ4v) is 2.59. The van der Waals surface area contributed by atoms with Crippen LogP contribution >= 0.6 is 0 Å². The van der Waals surface area contributed by atoms with Gasteiger partial charge in [-0.25, -0.2) is 4.98 Å². The largest absolute Gasteiger partial charge is 0.369 e. The van der Waals surface area contributed by atoms with E-state index in [4.69, 9.17) is 5.73 Å².